The van der Waals surface area contributed by atoms with Crippen molar-refractivity contribution in [3.8, 4) is 11.6 Å². The van der Waals surface area contributed by atoms with E-state index in [1.807, 2.05) is 61.5 Å². The molecule has 0 atom stereocenters. The number of aromatic nitrogens is 5. The van der Waals surface area contributed by atoms with Crippen LogP contribution < -0.4 is 15.9 Å². The van der Waals surface area contributed by atoms with Gasteiger partial charge in [-0.25, -0.2) is 10.1 Å². The van der Waals surface area contributed by atoms with E-state index in [-0.39, 0.29) is 17.3 Å². The molecule has 0 saturated carbocycles. The number of nitrogens with two attached hydrogens (primary N) is 1. The fourth-order valence-electron chi connectivity index (χ4n) is 3.15. The van der Waals surface area contributed by atoms with E-state index in [0.717, 1.165) is 16.2 Å². The van der Waals surface area contributed by atoms with E-state index in [0.29, 0.717) is 23.6 Å². The molecule has 3 N–H and O–H groups in total. The van der Waals surface area contributed by atoms with E-state index in [1.165, 1.54) is 16.4 Å². The van der Waals surface area contributed by atoms with Crippen LogP contribution in [0.1, 0.15) is 28.7 Å². The lowest BCUT2D eigenvalue weighted by Crippen LogP contribution is -2.22. The van der Waals surface area contributed by atoms with E-state index >= 15 is 0 Å². The van der Waals surface area contributed by atoms with Gasteiger partial charge in [0.2, 0.25) is 11.6 Å². The second-order valence-corrected chi connectivity index (χ2v) is 8.20. The fourth-order valence-corrected chi connectivity index (χ4v) is 4.06. The number of benzene rings is 2. The van der Waals surface area contributed by atoms with Gasteiger partial charge in [0.15, 0.2) is 5.69 Å². The maximum Gasteiger partial charge on any atom is 0.293 e. The molecule has 0 aliphatic heterocycles. The van der Waals surface area contributed by atoms with E-state index < -0.39 is 5.91 Å². The quantitative estimate of drug-likeness (QED) is 0.210. The molecule has 0 bridgehead atoms. The first-order chi connectivity index (χ1) is 16.6. The second-order valence-electron chi connectivity index (χ2n) is 7.15. The van der Waals surface area contributed by atoms with Crippen molar-refractivity contribution in [2.75, 3.05) is 12.8 Å². The number of para-hydroxylation sites is 1. The summed E-state index contributed by atoms with van der Waals surface area (Å²) in [7, 11) is 1.61. The molecule has 0 spiro atoms. The molecule has 1 amide bonds. The number of hydrazone groups is 1. The first-order valence-electron chi connectivity index (χ1n) is 10.2. The number of nitrogens with one attached hydrogen (secondary N) is 1. The lowest BCUT2D eigenvalue weighted by atomic mass is 10.1. The lowest BCUT2D eigenvalue weighted by Gasteiger charge is -2.08. The zero-order chi connectivity index (χ0) is 23.9. The van der Waals surface area contributed by atoms with Crippen LogP contribution in [0.5, 0.6) is 5.75 Å². The van der Waals surface area contributed by atoms with Gasteiger partial charge >= 0.3 is 0 Å². The SMILES string of the molecule is COc1ccccc1C/C(C)=N/NC(=O)c1nnn(-c2nonc2N)c1CSc1ccccc1. The molecule has 0 unspecified atom stereocenters. The van der Waals surface area contributed by atoms with E-state index in [1.54, 1.807) is 7.11 Å². The number of anilines is 1. The predicted molar refractivity (Wildman–Crippen MR) is 127 cm³/mol. The van der Waals surface area contributed by atoms with Crippen molar-refractivity contribution < 1.29 is 14.2 Å². The van der Waals surface area contributed by atoms with Gasteiger partial charge in [-0.1, -0.05) is 41.6 Å². The summed E-state index contributed by atoms with van der Waals surface area (Å²) in [5.74, 6) is 0.810. The smallest absolute Gasteiger partial charge is 0.293 e. The van der Waals surface area contributed by atoms with Crippen molar-refractivity contribution in [3.05, 3.63) is 71.5 Å². The molecule has 34 heavy (non-hydrogen) atoms. The standard InChI is InChI=1S/C22H22N8O3S/c1-14(12-15-8-6-7-11-18(15)32-2)24-26-22(31)19-17(13-34-16-9-4-3-5-10-16)30(29-25-19)21-20(23)27-33-28-21/h3-11H,12-13H2,1-2H3,(H2,23,27)(H,26,31)/b24-14+. The van der Waals surface area contributed by atoms with Crippen molar-refractivity contribution in [1.82, 2.24) is 30.7 Å². The van der Waals surface area contributed by atoms with Crippen LogP contribution in [-0.2, 0) is 12.2 Å². The van der Waals surface area contributed by atoms with Gasteiger partial charge in [-0.15, -0.1) is 16.9 Å². The van der Waals surface area contributed by atoms with Gasteiger partial charge in [0, 0.05) is 22.8 Å². The van der Waals surface area contributed by atoms with E-state index in [9.17, 15) is 4.79 Å². The largest absolute Gasteiger partial charge is 0.496 e. The molecular weight excluding hydrogens is 456 g/mol. The Balaban J connectivity index is 1.55. The van der Waals surface area contributed by atoms with Crippen LogP contribution in [0.25, 0.3) is 5.82 Å². The van der Waals surface area contributed by atoms with Crippen molar-refractivity contribution in [1.29, 1.82) is 0 Å². The van der Waals surface area contributed by atoms with Crippen LogP contribution in [0.2, 0.25) is 0 Å². The summed E-state index contributed by atoms with van der Waals surface area (Å²) in [4.78, 5) is 14.0. The zero-order valence-corrected chi connectivity index (χ0v) is 19.3. The van der Waals surface area contributed by atoms with Crippen molar-refractivity contribution >= 4 is 29.2 Å². The summed E-state index contributed by atoms with van der Waals surface area (Å²) in [6.07, 6.45) is 0.509. The van der Waals surface area contributed by atoms with Gasteiger partial charge in [0.05, 0.1) is 12.8 Å². The molecule has 0 aliphatic rings. The third-order valence-corrected chi connectivity index (χ3v) is 5.80. The molecule has 11 nitrogen and oxygen atoms in total. The number of ether oxygens (including phenoxy) is 1. The van der Waals surface area contributed by atoms with Gasteiger partial charge in [-0.05, 0) is 41.0 Å². The average molecular weight is 479 g/mol. The summed E-state index contributed by atoms with van der Waals surface area (Å²) >= 11 is 1.51. The molecule has 174 valence electrons. The molecule has 0 radical (unpaired) electrons. The Hall–Kier alpha value is -4.19. The van der Waals surface area contributed by atoms with Crippen LogP contribution >= 0.6 is 11.8 Å². The Morgan fingerprint density at radius 2 is 1.94 bits per heavy atom. The monoisotopic (exact) mass is 478 g/mol. The molecular formula is C22H22N8O3S. The molecule has 2 aromatic carbocycles. The fraction of sp³-hybridized carbons (Fsp3) is 0.182. The number of methoxy groups -OCH3 is 1. The number of amides is 1. The highest BCUT2D eigenvalue weighted by Crippen LogP contribution is 2.26. The molecule has 12 heteroatoms. The summed E-state index contributed by atoms with van der Waals surface area (Å²) in [5.41, 5.74) is 10.6. The summed E-state index contributed by atoms with van der Waals surface area (Å²) < 4.78 is 11.4. The zero-order valence-electron chi connectivity index (χ0n) is 18.5. The van der Waals surface area contributed by atoms with Crippen molar-refractivity contribution in [2.45, 2.75) is 24.0 Å². The van der Waals surface area contributed by atoms with Crippen LogP contribution in [0.4, 0.5) is 5.82 Å². The highest BCUT2D eigenvalue weighted by molar-refractivity contribution is 7.98. The molecule has 4 aromatic rings. The summed E-state index contributed by atoms with van der Waals surface area (Å²) in [6, 6.07) is 17.4. The van der Waals surface area contributed by atoms with Gasteiger partial charge < -0.3 is 10.5 Å². The first-order valence-corrected chi connectivity index (χ1v) is 11.2. The van der Waals surface area contributed by atoms with E-state index in [4.69, 9.17) is 10.5 Å². The summed E-state index contributed by atoms with van der Waals surface area (Å²) in [6.45, 7) is 1.82. The minimum Gasteiger partial charge on any atom is -0.496 e. The normalized spacial score (nSPS) is 11.4. The number of carbonyl (C=O) groups excluding carboxylic acids is 1. The van der Waals surface area contributed by atoms with Gasteiger partial charge in [0.1, 0.15) is 5.75 Å². The molecule has 4 rings (SSSR count). The van der Waals surface area contributed by atoms with Gasteiger partial charge in [-0.3, -0.25) is 4.79 Å². The number of nitrogen functional groups attached to an aromatic ring is 1. The molecule has 0 aliphatic carbocycles. The maximum absolute atomic E-state index is 13.0. The van der Waals surface area contributed by atoms with Crippen molar-refractivity contribution in [3.63, 3.8) is 0 Å². The highest BCUT2D eigenvalue weighted by atomic mass is 32.2. The molecule has 2 heterocycles. The average Bonchev–Trinajstić information content (AvgIpc) is 3.47. The Morgan fingerprint density at radius 1 is 1.18 bits per heavy atom. The predicted octanol–water partition coefficient (Wildman–Crippen LogP) is 2.88. The minimum atomic E-state index is -0.510. The highest BCUT2D eigenvalue weighted by Gasteiger charge is 2.24. The van der Waals surface area contributed by atoms with Crippen molar-refractivity contribution in [2.24, 2.45) is 5.10 Å². The molecule has 0 saturated heterocycles. The molecule has 0 fully saturated rings. The number of hydrogen-bond acceptors (Lipinski definition) is 10. The Kier molecular flexibility index (Phi) is 7.18. The second kappa shape index (κ2) is 10.6. The van der Waals surface area contributed by atoms with Crippen LogP contribution in [0.3, 0.4) is 0 Å². The number of thioether (sulfide) groups is 1. The van der Waals surface area contributed by atoms with Gasteiger partial charge in [-0.2, -0.15) is 9.78 Å². The third kappa shape index (κ3) is 5.23. The molecule has 2 aromatic heterocycles. The van der Waals surface area contributed by atoms with Crippen LogP contribution in [0, 0.1) is 0 Å². The van der Waals surface area contributed by atoms with Gasteiger partial charge in [0.25, 0.3) is 5.91 Å². The Labute approximate surface area is 199 Å². The number of carbonyl (C=O) groups is 1. The minimum absolute atomic E-state index is 0.0356. The lowest BCUT2D eigenvalue weighted by molar-refractivity contribution is 0.0949. The topological polar surface area (TPSA) is 146 Å². The number of nitrogens with zero attached hydrogens (tertiary/aromatic N) is 6. The first kappa shape index (κ1) is 23.0. The van der Waals surface area contributed by atoms with E-state index in [2.05, 4.69) is 35.8 Å². The number of hydrogen-bond donors (Lipinski definition) is 2. The Bertz CT molecular complexity index is 1300. The van der Waals surface area contributed by atoms with Crippen LogP contribution in [0.15, 0.2) is 69.2 Å². The number of rotatable bonds is 9. The summed E-state index contributed by atoms with van der Waals surface area (Å²) in [5, 5.41) is 19.7. The Morgan fingerprint density at radius 3 is 2.68 bits per heavy atom. The maximum atomic E-state index is 13.0. The third-order valence-electron chi connectivity index (χ3n) is 4.78. The van der Waals surface area contributed by atoms with Crippen LogP contribution in [-0.4, -0.2) is 44.0 Å².